The molecule has 1 amide bonds. The van der Waals surface area contributed by atoms with E-state index >= 15 is 0 Å². The van der Waals surface area contributed by atoms with Crippen molar-refractivity contribution in [1.82, 2.24) is 20.0 Å². The zero-order valence-electron chi connectivity index (χ0n) is 17.5. The van der Waals surface area contributed by atoms with Crippen LogP contribution in [0.25, 0.3) is 0 Å². The second-order valence-corrected chi connectivity index (χ2v) is 8.31. The topological polar surface area (TPSA) is 50.2 Å². The van der Waals surface area contributed by atoms with E-state index in [-0.39, 0.29) is 5.91 Å². The predicted octanol–water partition coefficient (Wildman–Crippen LogP) is 3.47. The van der Waals surface area contributed by atoms with Crippen LogP contribution in [0, 0.1) is 19.8 Å². The lowest BCUT2D eigenvalue weighted by Crippen LogP contribution is -2.39. The van der Waals surface area contributed by atoms with E-state index in [1.165, 1.54) is 37.1 Å². The summed E-state index contributed by atoms with van der Waals surface area (Å²) in [5.74, 6) is 0.735. The van der Waals surface area contributed by atoms with Gasteiger partial charge in [0.05, 0.1) is 5.69 Å². The van der Waals surface area contributed by atoms with Crippen LogP contribution >= 0.6 is 0 Å². The van der Waals surface area contributed by atoms with Crippen LogP contribution in [0.1, 0.15) is 69.8 Å². The summed E-state index contributed by atoms with van der Waals surface area (Å²) >= 11 is 0. The molecule has 1 aliphatic heterocycles. The summed E-state index contributed by atoms with van der Waals surface area (Å²) in [6.07, 6.45) is 6.37. The third-order valence-electron chi connectivity index (χ3n) is 5.56. The Morgan fingerprint density at radius 3 is 2.77 bits per heavy atom. The minimum atomic E-state index is 0.159. The van der Waals surface area contributed by atoms with Crippen molar-refractivity contribution in [1.29, 1.82) is 0 Å². The van der Waals surface area contributed by atoms with Gasteiger partial charge in [0.2, 0.25) is 5.91 Å². The Labute approximate surface area is 159 Å². The van der Waals surface area contributed by atoms with Gasteiger partial charge in [-0.05, 0) is 64.5 Å². The van der Waals surface area contributed by atoms with Crippen molar-refractivity contribution in [3.8, 4) is 0 Å². The van der Waals surface area contributed by atoms with Gasteiger partial charge in [-0.3, -0.25) is 9.48 Å². The van der Waals surface area contributed by atoms with Crippen molar-refractivity contribution in [2.45, 2.75) is 85.7 Å². The zero-order valence-corrected chi connectivity index (χ0v) is 17.5. The molecule has 0 saturated carbocycles. The molecule has 1 saturated heterocycles. The quantitative estimate of drug-likeness (QED) is 0.684. The molecule has 0 aliphatic carbocycles. The number of aromatic nitrogens is 2. The first-order chi connectivity index (χ1) is 12.4. The maximum absolute atomic E-state index is 12.2. The summed E-state index contributed by atoms with van der Waals surface area (Å²) in [6, 6.07) is 0.702. The second kappa shape index (κ2) is 10.1. The number of carbonyl (C=O) groups is 1. The molecule has 26 heavy (non-hydrogen) atoms. The van der Waals surface area contributed by atoms with E-state index in [1.807, 2.05) is 0 Å². The van der Waals surface area contributed by atoms with Crippen molar-refractivity contribution in [2.24, 2.45) is 5.92 Å². The van der Waals surface area contributed by atoms with Gasteiger partial charge in [0.1, 0.15) is 0 Å². The number of nitrogens with zero attached hydrogens (tertiary/aromatic N) is 3. The average molecular weight is 363 g/mol. The van der Waals surface area contributed by atoms with Gasteiger partial charge in [-0.15, -0.1) is 0 Å². The van der Waals surface area contributed by atoms with Crippen LogP contribution in [0.15, 0.2) is 0 Å². The van der Waals surface area contributed by atoms with Crippen LogP contribution in [0.4, 0.5) is 0 Å². The fourth-order valence-corrected chi connectivity index (χ4v) is 3.95. The van der Waals surface area contributed by atoms with E-state index in [0.717, 1.165) is 38.2 Å². The first-order valence-electron chi connectivity index (χ1n) is 10.4. The summed E-state index contributed by atoms with van der Waals surface area (Å²) in [5.41, 5.74) is 3.51. The Balaban J connectivity index is 1.69. The number of hydrogen-bond donors (Lipinski definition) is 1. The summed E-state index contributed by atoms with van der Waals surface area (Å²) in [5, 5.41) is 7.73. The van der Waals surface area contributed by atoms with Gasteiger partial charge in [-0.25, -0.2) is 0 Å². The van der Waals surface area contributed by atoms with Gasteiger partial charge < -0.3 is 10.2 Å². The molecule has 5 heteroatoms. The van der Waals surface area contributed by atoms with E-state index < -0.39 is 0 Å². The van der Waals surface area contributed by atoms with Gasteiger partial charge in [-0.2, -0.15) is 5.10 Å². The zero-order chi connectivity index (χ0) is 19.1. The number of rotatable bonds is 9. The second-order valence-electron chi connectivity index (χ2n) is 8.31. The molecular formula is C21H38N4O. The fraction of sp³-hybridized carbons (Fsp3) is 0.810. The molecule has 0 spiro atoms. The van der Waals surface area contributed by atoms with E-state index in [1.54, 1.807) is 0 Å². The van der Waals surface area contributed by atoms with Gasteiger partial charge in [0.15, 0.2) is 0 Å². The van der Waals surface area contributed by atoms with Crippen LogP contribution < -0.4 is 5.32 Å². The number of aryl methyl sites for hydroxylation is 1. The number of amides is 1. The van der Waals surface area contributed by atoms with Gasteiger partial charge in [-0.1, -0.05) is 20.3 Å². The molecule has 0 radical (unpaired) electrons. The van der Waals surface area contributed by atoms with Crippen LogP contribution in [0.2, 0.25) is 0 Å². The highest BCUT2D eigenvalue weighted by atomic mass is 16.1. The normalized spacial score (nSPS) is 18.5. The highest BCUT2D eigenvalue weighted by Crippen LogP contribution is 2.17. The Kier molecular flexibility index (Phi) is 8.14. The van der Waals surface area contributed by atoms with Crippen molar-refractivity contribution < 1.29 is 4.79 Å². The van der Waals surface area contributed by atoms with Crippen molar-refractivity contribution in [3.05, 3.63) is 17.0 Å². The lowest BCUT2D eigenvalue weighted by atomic mass is 10.0. The third kappa shape index (κ3) is 6.11. The van der Waals surface area contributed by atoms with Gasteiger partial charge in [0.25, 0.3) is 0 Å². The Morgan fingerprint density at radius 1 is 1.31 bits per heavy atom. The number of nitrogens with one attached hydrogen (secondary N) is 1. The van der Waals surface area contributed by atoms with Crippen LogP contribution in [-0.4, -0.2) is 46.3 Å². The lowest BCUT2D eigenvalue weighted by molar-refractivity contribution is -0.121. The molecule has 0 aromatic carbocycles. The van der Waals surface area contributed by atoms with Crippen LogP contribution in [-0.2, 0) is 17.8 Å². The van der Waals surface area contributed by atoms with E-state index in [2.05, 4.69) is 54.6 Å². The van der Waals surface area contributed by atoms with E-state index in [4.69, 9.17) is 0 Å². The first-order valence-corrected chi connectivity index (χ1v) is 10.4. The summed E-state index contributed by atoms with van der Waals surface area (Å²) in [4.78, 5) is 14.7. The molecule has 1 N–H and O–H groups in total. The molecule has 1 atom stereocenters. The molecule has 1 aliphatic rings. The summed E-state index contributed by atoms with van der Waals surface area (Å²) < 4.78 is 2.09. The highest BCUT2D eigenvalue weighted by molar-refractivity contribution is 5.76. The van der Waals surface area contributed by atoms with Crippen molar-refractivity contribution >= 4 is 5.91 Å². The van der Waals surface area contributed by atoms with Crippen LogP contribution in [0.3, 0.4) is 0 Å². The van der Waals surface area contributed by atoms with Gasteiger partial charge in [0, 0.05) is 37.8 Å². The maximum Gasteiger partial charge on any atom is 0.220 e. The van der Waals surface area contributed by atoms with Gasteiger partial charge >= 0.3 is 0 Å². The number of hydrogen-bond acceptors (Lipinski definition) is 3. The molecular weight excluding hydrogens is 324 g/mol. The van der Waals surface area contributed by atoms with Crippen LogP contribution in [0.5, 0.6) is 0 Å². The standard InChI is InChI=1S/C21H38N4O/c1-16(2)15-25-19(5)20(18(4)23-25)10-11-21(26)22-12-8-14-24-13-7-6-9-17(24)3/h16-17H,6-15H2,1-5H3,(H,22,26). The molecule has 2 rings (SSSR count). The Bertz CT molecular complexity index is 579. The minimum Gasteiger partial charge on any atom is -0.356 e. The largest absolute Gasteiger partial charge is 0.356 e. The predicted molar refractivity (Wildman–Crippen MR) is 107 cm³/mol. The SMILES string of the molecule is Cc1nn(CC(C)C)c(C)c1CCC(=O)NCCCN1CCCCC1C. The molecule has 0 bridgehead atoms. The number of likely N-dealkylation sites (tertiary alicyclic amines) is 1. The van der Waals surface area contributed by atoms with E-state index in [9.17, 15) is 4.79 Å². The Hall–Kier alpha value is -1.36. The summed E-state index contributed by atoms with van der Waals surface area (Å²) in [7, 11) is 0. The first kappa shape index (κ1) is 20.9. The monoisotopic (exact) mass is 362 g/mol. The average Bonchev–Trinajstić information content (AvgIpc) is 2.84. The molecule has 148 valence electrons. The summed E-state index contributed by atoms with van der Waals surface area (Å²) in [6.45, 7) is 14.9. The molecule has 1 aromatic heterocycles. The molecule has 1 aromatic rings. The lowest BCUT2D eigenvalue weighted by Gasteiger charge is -2.33. The molecule has 5 nitrogen and oxygen atoms in total. The fourth-order valence-electron chi connectivity index (χ4n) is 3.95. The molecule has 1 fully saturated rings. The molecule has 2 heterocycles. The maximum atomic E-state index is 12.2. The van der Waals surface area contributed by atoms with E-state index in [0.29, 0.717) is 18.4 Å². The number of piperidine rings is 1. The van der Waals surface area contributed by atoms with Crippen molar-refractivity contribution in [2.75, 3.05) is 19.6 Å². The minimum absolute atomic E-state index is 0.159. The smallest absolute Gasteiger partial charge is 0.220 e. The number of carbonyl (C=O) groups excluding carboxylic acids is 1. The Morgan fingerprint density at radius 2 is 2.08 bits per heavy atom. The third-order valence-corrected chi connectivity index (χ3v) is 5.56. The van der Waals surface area contributed by atoms with Crippen molar-refractivity contribution in [3.63, 3.8) is 0 Å². The highest BCUT2D eigenvalue weighted by Gasteiger charge is 2.17. The molecule has 1 unspecified atom stereocenters.